The predicted molar refractivity (Wildman–Crippen MR) is 67.4 cm³/mol. The third kappa shape index (κ3) is 2.98. The lowest BCUT2D eigenvalue weighted by Gasteiger charge is -2.35. The van der Waals surface area contributed by atoms with Gasteiger partial charge in [0, 0.05) is 32.2 Å². The molecular weight excluding hydrogens is 246 g/mol. The maximum atomic E-state index is 12.1. The third-order valence-corrected chi connectivity index (χ3v) is 3.23. The lowest BCUT2D eigenvalue weighted by molar-refractivity contribution is 0.0609. The molecule has 0 saturated carbocycles. The molecule has 1 amide bonds. The number of aromatic amines is 1. The zero-order valence-corrected chi connectivity index (χ0v) is 10.7. The van der Waals surface area contributed by atoms with E-state index in [9.17, 15) is 9.59 Å². The number of H-pyrrole nitrogens is 1. The summed E-state index contributed by atoms with van der Waals surface area (Å²) in [5.74, 6) is -0.194. The Morgan fingerprint density at radius 1 is 1.42 bits per heavy atom. The molecule has 7 heteroatoms. The van der Waals surface area contributed by atoms with Crippen molar-refractivity contribution >= 4 is 5.91 Å². The maximum absolute atomic E-state index is 12.1. The number of carbonyl (C=O) groups is 1. The Bertz CT molecular complexity index is 533. The van der Waals surface area contributed by atoms with Crippen LogP contribution in [0.2, 0.25) is 0 Å². The molecule has 1 aromatic heterocycles. The molecule has 0 radical (unpaired) electrons. The van der Waals surface area contributed by atoms with Crippen LogP contribution in [0.1, 0.15) is 17.4 Å². The van der Waals surface area contributed by atoms with Crippen LogP contribution in [0.4, 0.5) is 0 Å². The van der Waals surface area contributed by atoms with Crippen molar-refractivity contribution in [2.24, 2.45) is 0 Å². The van der Waals surface area contributed by atoms with Gasteiger partial charge in [0.1, 0.15) is 5.69 Å². The standard InChI is InChI=1S/C12H15N5O2/c1-9(8-13)16-4-6-17(7-5-16)12(19)10-2-3-11(18)15-14-10/h2-3,9H,4-7H2,1H3,(H,15,18). The van der Waals surface area contributed by atoms with Gasteiger partial charge in [-0.2, -0.15) is 10.4 Å². The molecule has 0 aliphatic carbocycles. The van der Waals surface area contributed by atoms with Crippen LogP contribution in [0, 0.1) is 11.3 Å². The fourth-order valence-corrected chi connectivity index (χ4v) is 2.02. The summed E-state index contributed by atoms with van der Waals surface area (Å²) in [6.07, 6.45) is 0. The number of nitrogens with zero attached hydrogens (tertiary/aromatic N) is 4. The first-order valence-corrected chi connectivity index (χ1v) is 6.10. The monoisotopic (exact) mass is 261 g/mol. The zero-order chi connectivity index (χ0) is 13.8. The summed E-state index contributed by atoms with van der Waals surface area (Å²) in [4.78, 5) is 26.7. The van der Waals surface area contributed by atoms with Crippen LogP contribution >= 0.6 is 0 Å². The second-order valence-electron chi connectivity index (χ2n) is 4.44. The number of rotatable bonds is 2. The molecule has 0 bridgehead atoms. The molecule has 1 fully saturated rings. The third-order valence-electron chi connectivity index (χ3n) is 3.23. The number of hydrogen-bond acceptors (Lipinski definition) is 5. The molecular formula is C12H15N5O2. The Hall–Kier alpha value is -2.20. The van der Waals surface area contributed by atoms with Crippen molar-refractivity contribution in [3.05, 3.63) is 28.2 Å². The number of piperazine rings is 1. The molecule has 1 aliphatic rings. The minimum Gasteiger partial charge on any atom is -0.335 e. The van der Waals surface area contributed by atoms with Crippen LogP contribution in [-0.4, -0.2) is 58.1 Å². The molecule has 19 heavy (non-hydrogen) atoms. The van der Waals surface area contributed by atoms with Crippen LogP contribution < -0.4 is 5.56 Å². The number of amides is 1. The van der Waals surface area contributed by atoms with Gasteiger partial charge in [-0.1, -0.05) is 0 Å². The van der Waals surface area contributed by atoms with E-state index in [4.69, 9.17) is 5.26 Å². The quantitative estimate of drug-likeness (QED) is 0.770. The van der Waals surface area contributed by atoms with Crippen molar-refractivity contribution < 1.29 is 4.79 Å². The van der Waals surface area contributed by atoms with E-state index in [-0.39, 0.29) is 23.2 Å². The average molecular weight is 261 g/mol. The summed E-state index contributed by atoms with van der Waals surface area (Å²) in [7, 11) is 0. The van der Waals surface area contributed by atoms with Gasteiger partial charge >= 0.3 is 0 Å². The van der Waals surface area contributed by atoms with E-state index in [0.29, 0.717) is 26.2 Å². The number of nitrogens with one attached hydrogen (secondary N) is 1. The van der Waals surface area contributed by atoms with Crippen LogP contribution in [0.3, 0.4) is 0 Å². The van der Waals surface area contributed by atoms with Crippen molar-refractivity contribution in [1.82, 2.24) is 20.0 Å². The van der Waals surface area contributed by atoms with Gasteiger partial charge in [0.05, 0.1) is 12.1 Å². The van der Waals surface area contributed by atoms with E-state index in [2.05, 4.69) is 16.3 Å². The minimum atomic E-state index is -0.329. The minimum absolute atomic E-state index is 0.136. The van der Waals surface area contributed by atoms with Crippen molar-refractivity contribution in [1.29, 1.82) is 5.26 Å². The van der Waals surface area contributed by atoms with Gasteiger partial charge in [-0.25, -0.2) is 5.10 Å². The van der Waals surface area contributed by atoms with Crippen LogP contribution in [0.5, 0.6) is 0 Å². The van der Waals surface area contributed by atoms with Gasteiger partial charge in [-0.15, -0.1) is 0 Å². The normalized spacial score (nSPS) is 17.8. The van der Waals surface area contributed by atoms with Crippen LogP contribution in [0.15, 0.2) is 16.9 Å². The van der Waals surface area contributed by atoms with Gasteiger partial charge in [0.25, 0.3) is 11.5 Å². The highest BCUT2D eigenvalue weighted by Crippen LogP contribution is 2.08. The summed E-state index contributed by atoms with van der Waals surface area (Å²) in [5, 5.41) is 14.8. The average Bonchev–Trinajstić information content (AvgIpc) is 2.46. The molecule has 1 aliphatic heterocycles. The summed E-state index contributed by atoms with van der Waals surface area (Å²) in [6, 6.07) is 4.76. The highest BCUT2D eigenvalue weighted by Gasteiger charge is 2.25. The first-order valence-electron chi connectivity index (χ1n) is 6.10. The molecule has 1 N–H and O–H groups in total. The summed E-state index contributed by atoms with van der Waals surface area (Å²) in [6.45, 7) is 4.31. The van der Waals surface area contributed by atoms with Crippen molar-refractivity contribution in [3.63, 3.8) is 0 Å². The summed E-state index contributed by atoms with van der Waals surface area (Å²) < 4.78 is 0. The van der Waals surface area contributed by atoms with E-state index >= 15 is 0 Å². The highest BCUT2D eigenvalue weighted by atomic mass is 16.2. The van der Waals surface area contributed by atoms with E-state index in [1.807, 2.05) is 11.8 Å². The van der Waals surface area contributed by atoms with Gasteiger partial charge in [0.2, 0.25) is 0 Å². The second kappa shape index (κ2) is 5.63. The van der Waals surface area contributed by atoms with Gasteiger partial charge in [-0.3, -0.25) is 14.5 Å². The smallest absolute Gasteiger partial charge is 0.274 e. The van der Waals surface area contributed by atoms with Crippen molar-refractivity contribution in [2.75, 3.05) is 26.2 Å². The maximum Gasteiger partial charge on any atom is 0.274 e. The molecule has 1 atom stereocenters. The molecule has 7 nitrogen and oxygen atoms in total. The number of hydrogen-bond donors (Lipinski definition) is 1. The van der Waals surface area contributed by atoms with Gasteiger partial charge in [-0.05, 0) is 13.0 Å². The fourth-order valence-electron chi connectivity index (χ4n) is 2.02. The number of aromatic nitrogens is 2. The van der Waals surface area contributed by atoms with Crippen LogP contribution in [0.25, 0.3) is 0 Å². The predicted octanol–water partition coefficient (Wildman–Crippen LogP) is -0.560. The first-order chi connectivity index (χ1) is 9.11. The molecule has 0 aromatic carbocycles. The summed E-state index contributed by atoms with van der Waals surface area (Å²) in [5.41, 5.74) is -0.0920. The molecule has 2 rings (SSSR count). The highest BCUT2D eigenvalue weighted by molar-refractivity contribution is 5.92. The lowest BCUT2D eigenvalue weighted by atomic mass is 10.2. The molecule has 1 saturated heterocycles. The molecule has 2 heterocycles. The fraction of sp³-hybridized carbons (Fsp3) is 0.500. The van der Waals surface area contributed by atoms with E-state index in [0.717, 1.165) is 0 Å². The topological polar surface area (TPSA) is 93.1 Å². The molecule has 1 aromatic rings. The summed E-state index contributed by atoms with van der Waals surface area (Å²) >= 11 is 0. The Kier molecular flexibility index (Phi) is 3.92. The number of nitriles is 1. The second-order valence-corrected chi connectivity index (χ2v) is 4.44. The largest absolute Gasteiger partial charge is 0.335 e. The molecule has 1 unspecified atom stereocenters. The van der Waals surface area contributed by atoms with Gasteiger partial charge in [0.15, 0.2) is 0 Å². The van der Waals surface area contributed by atoms with Crippen LogP contribution in [-0.2, 0) is 0 Å². The Morgan fingerprint density at radius 2 is 2.11 bits per heavy atom. The SMILES string of the molecule is CC(C#N)N1CCN(C(=O)c2ccc(=O)[nH]n2)CC1. The zero-order valence-electron chi connectivity index (χ0n) is 10.7. The molecule has 0 spiro atoms. The van der Waals surface area contributed by atoms with Gasteiger partial charge < -0.3 is 4.90 Å². The van der Waals surface area contributed by atoms with E-state index in [1.54, 1.807) is 4.90 Å². The van der Waals surface area contributed by atoms with E-state index < -0.39 is 0 Å². The Balaban J connectivity index is 1.98. The Morgan fingerprint density at radius 3 is 2.63 bits per heavy atom. The first kappa shape index (κ1) is 13.2. The van der Waals surface area contributed by atoms with E-state index in [1.165, 1.54) is 12.1 Å². The lowest BCUT2D eigenvalue weighted by Crippen LogP contribution is -2.51. The number of carbonyl (C=O) groups excluding carboxylic acids is 1. The van der Waals surface area contributed by atoms with Crippen molar-refractivity contribution in [2.45, 2.75) is 13.0 Å². The molecule has 100 valence electrons. The van der Waals surface area contributed by atoms with Crippen molar-refractivity contribution in [3.8, 4) is 6.07 Å². The Labute approximate surface area is 110 Å².